The van der Waals surface area contributed by atoms with Gasteiger partial charge in [0.1, 0.15) is 0 Å². The Balaban J connectivity index is 1.83. The first-order valence-corrected chi connectivity index (χ1v) is 7.24. The number of hydrogen-bond donors (Lipinski definition) is 1. The first-order valence-electron chi connectivity index (χ1n) is 6.45. The average molecular weight is 340 g/mol. The first kappa shape index (κ1) is 14.8. The van der Waals surface area contributed by atoms with Gasteiger partial charge >= 0.3 is 0 Å². The minimum absolute atomic E-state index is 0.0604. The molecular formula is C13H18BrN5O. The summed E-state index contributed by atoms with van der Waals surface area (Å²) >= 11 is 3.35. The Bertz CT molecular complexity index is 616. The first-order chi connectivity index (χ1) is 9.49. The van der Waals surface area contributed by atoms with Crippen LogP contribution in [-0.4, -0.2) is 32.0 Å². The molecule has 1 amide bonds. The van der Waals surface area contributed by atoms with E-state index < -0.39 is 0 Å². The van der Waals surface area contributed by atoms with Gasteiger partial charge in [-0.1, -0.05) is 0 Å². The Labute approximate surface area is 126 Å². The van der Waals surface area contributed by atoms with Crippen molar-refractivity contribution in [3.63, 3.8) is 0 Å². The van der Waals surface area contributed by atoms with Crippen molar-refractivity contribution in [3.8, 4) is 0 Å². The fraction of sp³-hybridized carbons (Fsp3) is 0.462. The molecule has 2 aromatic heterocycles. The normalized spacial score (nSPS) is 10.8. The number of amides is 1. The summed E-state index contributed by atoms with van der Waals surface area (Å²) in [4.78, 5) is 12.1. The molecule has 0 aliphatic heterocycles. The molecule has 0 bridgehead atoms. The van der Waals surface area contributed by atoms with E-state index in [9.17, 15) is 4.79 Å². The molecule has 0 aromatic carbocycles. The lowest BCUT2D eigenvalue weighted by atomic mass is 10.2. The number of carbonyl (C=O) groups excluding carboxylic acids is 1. The van der Waals surface area contributed by atoms with Crippen molar-refractivity contribution < 1.29 is 4.79 Å². The summed E-state index contributed by atoms with van der Waals surface area (Å²) in [5, 5.41) is 11.3. The van der Waals surface area contributed by atoms with Crippen LogP contribution >= 0.6 is 15.9 Å². The van der Waals surface area contributed by atoms with Crippen molar-refractivity contribution in [2.45, 2.75) is 26.8 Å². The van der Waals surface area contributed by atoms with Gasteiger partial charge in [-0.25, -0.2) is 0 Å². The average Bonchev–Trinajstić information content (AvgIpc) is 2.90. The number of carbonyl (C=O) groups is 1. The van der Waals surface area contributed by atoms with Gasteiger partial charge in [0.15, 0.2) is 0 Å². The standard InChI is InChI=1S/C13H18BrN5O/c1-9-12(10(2)18(3)17-9)13(20)15-5-4-6-19-8-11(14)7-16-19/h7-8H,4-6H2,1-3H3,(H,15,20). The Morgan fingerprint density at radius 1 is 1.45 bits per heavy atom. The molecule has 0 fully saturated rings. The Morgan fingerprint density at radius 2 is 2.20 bits per heavy atom. The summed E-state index contributed by atoms with van der Waals surface area (Å²) in [7, 11) is 1.84. The molecule has 0 aliphatic rings. The van der Waals surface area contributed by atoms with Crippen molar-refractivity contribution in [1.29, 1.82) is 0 Å². The quantitative estimate of drug-likeness (QED) is 0.845. The number of aryl methyl sites for hydroxylation is 3. The van der Waals surface area contributed by atoms with Crippen LogP contribution < -0.4 is 5.32 Å². The van der Waals surface area contributed by atoms with Crippen LogP contribution in [0.25, 0.3) is 0 Å². The van der Waals surface area contributed by atoms with Gasteiger partial charge < -0.3 is 5.32 Å². The van der Waals surface area contributed by atoms with Crippen LogP contribution in [0.1, 0.15) is 28.2 Å². The molecule has 0 unspecified atom stereocenters. The van der Waals surface area contributed by atoms with E-state index in [0.717, 1.165) is 28.8 Å². The summed E-state index contributed by atoms with van der Waals surface area (Å²) in [5.41, 5.74) is 2.32. The van der Waals surface area contributed by atoms with E-state index in [1.165, 1.54) is 0 Å². The second kappa shape index (κ2) is 6.21. The van der Waals surface area contributed by atoms with Gasteiger partial charge in [0.05, 0.1) is 21.9 Å². The predicted octanol–water partition coefficient (Wildman–Crippen LogP) is 1.82. The SMILES string of the molecule is Cc1nn(C)c(C)c1C(=O)NCCCn1cc(Br)cn1. The summed E-state index contributed by atoms with van der Waals surface area (Å²) in [6.07, 6.45) is 4.50. The minimum atomic E-state index is -0.0604. The van der Waals surface area contributed by atoms with E-state index in [0.29, 0.717) is 12.1 Å². The van der Waals surface area contributed by atoms with E-state index in [1.807, 2.05) is 31.8 Å². The van der Waals surface area contributed by atoms with Crippen molar-refractivity contribution in [2.24, 2.45) is 7.05 Å². The van der Waals surface area contributed by atoms with Gasteiger partial charge in [-0.05, 0) is 36.2 Å². The molecule has 2 rings (SSSR count). The smallest absolute Gasteiger partial charge is 0.255 e. The molecule has 20 heavy (non-hydrogen) atoms. The Hall–Kier alpha value is -1.63. The van der Waals surface area contributed by atoms with Gasteiger partial charge in [0.25, 0.3) is 5.91 Å². The van der Waals surface area contributed by atoms with Gasteiger partial charge in [-0.2, -0.15) is 10.2 Å². The molecule has 2 aromatic rings. The minimum Gasteiger partial charge on any atom is -0.352 e. The molecular weight excluding hydrogens is 322 g/mol. The Morgan fingerprint density at radius 3 is 2.75 bits per heavy atom. The van der Waals surface area contributed by atoms with E-state index >= 15 is 0 Å². The molecule has 1 N–H and O–H groups in total. The van der Waals surface area contributed by atoms with Crippen molar-refractivity contribution in [3.05, 3.63) is 33.8 Å². The number of aromatic nitrogens is 4. The highest BCUT2D eigenvalue weighted by atomic mass is 79.9. The lowest BCUT2D eigenvalue weighted by molar-refractivity contribution is 0.0951. The second-order valence-electron chi connectivity index (χ2n) is 4.70. The highest BCUT2D eigenvalue weighted by Crippen LogP contribution is 2.11. The number of nitrogens with one attached hydrogen (secondary N) is 1. The molecule has 6 nitrogen and oxygen atoms in total. The highest BCUT2D eigenvalue weighted by Gasteiger charge is 2.16. The third-order valence-corrected chi connectivity index (χ3v) is 3.60. The van der Waals surface area contributed by atoms with Gasteiger partial charge in [-0.15, -0.1) is 0 Å². The number of hydrogen-bond acceptors (Lipinski definition) is 3. The fourth-order valence-electron chi connectivity index (χ4n) is 2.09. The number of nitrogens with zero attached hydrogens (tertiary/aromatic N) is 4. The molecule has 0 spiro atoms. The van der Waals surface area contributed by atoms with Crippen LogP contribution in [0.3, 0.4) is 0 Å². The molecule has 0 saturated heterocycles. The van der Waals surface area contributed by atoms with Gasteiger partial charge in [-0.3, -0.25) is 14.2 Å². The van der Waals surface area contributed by atoms with Crippen molar-refractivity contribution >= 4 is 21.8 Å². The van der Waals surface area contributed by atoms with Crippen LogP contribution in [0.15, 0.2) is 16.9 Å². The largest absolute Gasteiger partial charge is 0.352 e. The summed E-state index contributed by atoms with van der Waals surface area (Å²) in [6, 6.07) is 0. The zero-order chi connectivity index (χ0) is 14.7. The van der Waals surface area contributed by atoms with Crippen molar-refractivity contribution in [2.75, 3.05) is 6.54 Å². The van der Waals surface area contributed by atoms with Crippen molar-refractivity contribution in [1.82, 2.24) is 24.9 Å². The van der Waals surface area contributed by atoms with E-state index in [4.69, 9.17) is 0 Å². The maximum Gasteiger partial charge on any atom is 0.255 e. The van der Waals surface area contributed by atoms with Crippen LogP contribution in [0.4, 0.5) is 0 Å². The van der Waals surface area contributed by atoms with Gasteiger partial charge in [0.2, 0.25) is 0 Å². The summed E-state index contributed by atoms with van der Waals surface area (Å²) in [6.45, 7) is 5.14. The van der Waals surface area contributed by atoms with E-state index in [-0.39, 0.29) is 5.91 Å². The molecule has 0 atom stereocenters. The maximum absolute atomic E-state index is 12.1. The third-order valence-electron chi connectivity index (χ3n) is 3.19. The lowest BCUT2D eigenvalue weighted by Crippen LogP contribution is -2.26. The number of rotatable bonds is 5. The molecule has 0 aliphatic carbocycles. The van der Waals surface area contributed by atoms with E-state index in [1.54, 1.807) is 10.9 Å². The summed E-state index contributed by atoms with van der Waals surface area (Å²) < 4.78 is 4.53. The highest BCUT2D eigenvalue weighted by molar-refractivity contribution is 9.10. The number of halogens is 1. The predicted molar refractivity (Wildman–Crippen MR) is 79.6 cm³/mol. The third kappa shape index (κ3) is 3.27. The fourth-order valence-corrected chi connectivity index (χ4v) is 2.42. The topological polar surface area (TPSA) is 64.7 Å². The van der Waals surface area contributed by atoms with Gasteiger partial charge in [0, 0.05) is 32.0 Å². The Kier molecular flexibility index (Phi) is 4.59. The monoisotopic (exact) mass is 339 g/mol. The molecule has 0 radical (unpaired) electrons. The van der Waals surface area contributed by atoms with Crippen LogP contribution in [-0.2, 0) is 13.6 Å². The summed E-state index contributed by atoms with van der Waals surface area (Å²) in [5.74, 6) is -0.0604. The second-order valence-corrected chi connectivity index (χ2v) is 5.62. The van der Waals surface area contributed by atoms with Crippen LogP contribution in [0, 0.1) is 13.8 Å². The zero-order valence-corrected chi connectivity index (χ0v) is 13.4. The lowest BCUT2D eigenvalue weighted by Gasteiger charge is -2.06. The zero-order valence-electron chi connectivity index (χ0n) is 11.9. The molecule has 7 heteroatoms. The maximum atomic E-state index is 12.1. The molecule has 2 heterocycles. The molecule has 108 valence electrons. The molecule has 0 saturated carbocycles. The van der Waals surface area contributed by atoms with E-state index in [2.05, 4.69) is 31.4 Å². The van der Waals surface area contributed by atoms with Crippen LogP contribution in [0.5, 0.6) is 0 Å². The van der Waals surface area contributed by atoms with Crippen LogP contribution in [0.2, 0.25) is 0 Å².